The maximum absolute atomic E-state index is 12.4. The van der Waals surface area contributed by atoms with Gasteiger partial charge in [-0.1, -0.05) is 0 Å². The van der Waals surface area contributed by atoms with Crippen LogP contribution < -0.4 is 5.32 Å². The molecule has 0 aliphatic carbocycles. The van der Waals surface area contributed by atoms with Crippen molar-refractivity contribution < 1.29 is 22.7 Å². The first-order valence-corrected chi connectivity index (χ1v) is 10.3. The summed E-state index contributed by atoms with van der Waals surface area (Å²) in [5, 5.41) is 3.01. The summed E-state index contributed by atoms with van der Waals surface area (Å²) in [6.07, 6.45) is 3.66. The zero-order chi connectivity index (χ0) is 17.7. The molecule has 2 rings (SSSR count). The molecular formula is C15H27N3O5S. The van der Waals surface area contributed by atoms with Crippen LogP contribution in [0.3, 0.4) is 0 Å². The van der Waals surface area contributed by atoms with Crippen LogP contribution in [0.15, 0.2) is 0 Å². The molecule has 2 saturated heterocycles. The van der Waals surface area contributed by atoms with Gasteiger partial charge in [-0.3, -0.25) is 4.79 Å². The van der Waals surface area contributed by atoms with Crippen molar-refractivity contribution in [3.05, 3.63) is 0 Å². The van der Waals surface area contributed by atoms with Crippen molar-refractivity contribution in [2.75, 3.05) is 39.0 Å². The summed E-state index contributed by atoms with van der Waals surface area (Å²) in [7, 11) is -3.25. The Morgan fingerprint density at radius 1 is 1.17 bits per heavy atom. The van der Waals surface area contributed by atoms with Crippen molar-refractivity contribution in [3.8, 4) is 0 Å². The van der Waals surface area contributed by atoms with Gasteiger partial charge in [-0.15, -0.1) is 0 Å². The van der Waals surface area contributed by atoms with E-state index in [9.17, 15) is 18.0 Å². The zero-order valence-electron chi connectivity index (χ0n) is 14.4. The smallest absolute Gasteiger partial charge is 0.409 e. The third-order valence-corrected chi connectivity index (χ3v) is 5.86. The lowest BCUT2D eigenvalue weighted by atomic mass is 9.97. The summed E-state index contributed by atoms with van der Waals surface area (Å²) < 4.78 is 29.6. The van der Waals surface area contributed by atoms with E-state index in [1.54, 1.807) is 11.8 Å². The molecule has 0 unspecified atom stereocenters. The van der Waals surface area contributed by atoms with Gasteiger partial charge in [0.15, 0.2) is 0 Å². The van der Waals surface area contributed by atoms with Crippen molar-refractivity contribution in [1.29, 1.82) is 0 Å². The molecule has 2 amide bonds. The van der Waals surface area contributed by atoms with E-state index in [0.29, 0.717) is 51.9 Å². The van der Waals surface area contributed by atoms with Crippen molar-refractivity contribution in [2.45, 2.75) is 38.6 Å². The minimum atomic E-state index is -3.25. The number of sulfonamides is 1. The molecule has 0 bridgehead atoms. The Morgan fingerprint density at radius 2 is 1.83 bits per heavy atom. The second-order valence-corrected chi connectivity index (χ2v) is 8.41. The standard InChI is InChI=1S/C15H27N3O5S/c1-3-23-15(20)17-9-6-13(7-10-17)16-14(19)12-5-4-8-18(11-12)24(2,21)22/h12-13H,3-11H2,1-2H3,(H,16,19)/t12-/m0/s1. The lowest BCUT2D eigenvalue weighted by Crippen LogP contribution is -2.50. The van der Waals surface area contributed by atoms with Crippen LogP contribution >= 0.6 is 0 Å². The summed E-state index contributed by atoms with van der Waals surface area (Å²) in [6, 6.07) is 0.0248. The van der Waals surface area contributed by atoms with Gasteiger partial charge in [0, 0.05) is 32.2 Å². The Hall–Kier alpha value is -1.35. The lowest BCUT2D eigenvalue weighted by molar-refractivity contribution is -0.127. The quantitative estimate of drug-likeness (QED) is 0.782. The van der Waals surface area contributed by atoms with E-state index in [2.05, 4.69) is 5.32 Å². The van der Waals surface area contributed by atoms with E-state index in [0.717, 1.165) is 0 Å². The zero-order valence-corrected chi connectivity index (χ0v) is 15.2. The summed E-state index contributed by atoms with van der Waals surface area (Å²) in [5.74, 6) is -0.380. The molecule has 2 heterocycles. The van der Waals surface area contributed by atoms with E-state index < -0.39 is 10.0 Å². The SMILES string of the molecule is CCOC(=O)N1CCC(NC(=O)[C@H]2CCCN(S(C)(=O)=O)C2)CC1. The molecule has 0 saturated carbocycles. The molecule has 9 heteroatoms. The maximum Gasteiger partial charge on any atom is 0.409 e. The Morgan fingerprint density at radius 3 is 2.42 bits per heavy atom. The predicted octanol–water partition coefficient (Wildman–Crippen LogP) is 0.395. The number of carbonyl (C=O) groups excluding carboxylic acids is 2. The van der Waals surface area contributed by atoms with E-state index >= 15 is 0 Å². The Kier molecular flexibility index (Phi) is 6.45. The van der Waals surface area contributed by atoms with Crippen molar-refractivity contribution in [3.63, 3.8) is 0 Å². The fourth-order valence-corrected chi connectivity index (χ4v) is 4.11. The molecule has 24 heavy (non-hydrogen) atoms. The van der Waals surface area contributed by atoms with Gasteiger partial charge in [-0.2, -0.15) is 0 Å². The maximum atomic E-state index is 12.4. The van der Waals surface area contributed by atoms with Crippen LogP contribution in [-0.4, -0.2) is 74.7 Å². The first-order valence-electron chi connectivity index (χ1n) is 8.48. The normalized spacial score (nSPS) is 23.8. The Bertz CT molecular complexity index is 557. The minimum Gasteiger partial charge on any atom is -0.450 e. The molecule has 0 aromatic heterocycles. The molecule has 2 aliphatic heterocycles. The number of nitrogens with one attached hydrogen (secondary N) is 1. The Balaban J connectivity index is 1.80. The van der Waals surface area contributed by atoms with Crippen molar-refractivity contribution in [1.82, 2.24) is 14.5 Å². The molecule has 138 valence electrons. The second-order valence-electron chi connectivity index (χ2n) is 6.43. The highest BCUT2D eigenvalue weighted by atomic mass is 32.2. The summed E-state index contributed by atoms with van der Waals surface area (Å²) >= 11 is 0. The fourth-order valence-electron chi connectivity index (χ4n) is 3.20. The van der Waals surface area contributed by atoms with Crippen molar-refractivity contribution >= 4 is 22.0 Å². The molecule has 2 aliphatic rings. The van der Waals surface area contributed by atoms with Gasteiger partial charge >= 0.3 is 6.09 Å². The third-order valence-electron chi connectivity index (χ3n) is 4.59. The average Bonchev–Trinajstić information content (AvgIpc) is 2.55. The number of ether oxygens (including phenoxy) is 1. The largest absolute Gasteiger partial charge is 0.450 e. The van der Waals surface area contributed by atoms with E-state index in [4.69, 9.17) is 4.74 Å². The number of hydrogen-bond donors (Lipinski definition) is 1. The number of carbonyl (C=O) groups is 2. The molecule has 1 atom stereocenters. The van der Waals surface area contributed by atoms with Gasteiger partial charge in [0.25, 0.3) is 0 Å². The van der Waals surface area contributed by atoms with Crippen LogP contribution in [0.4, 0.5) is 4.79 Å². The van der Waals surface area contributed by atoms with Crippen LogP contribution in [-0.2, 0) is 19.6 Å². The summed E-state index contributed by atoms with van der Waals surface area (Å²) in [6.45, 7) is 3.99. The van der Waals surface area contributed by atoms with Gasteiger partial charge in [-0.25, -0.2) is 17.5 Å². The molecule has 1 N–H and O–H groups in total. The summed E-state index contributed by atoms with van der Waals surface area (Å²) in [4.78, 5) is 25.7. The lowest BCUT2D eigenvalue weighted by Gasteiger charge is -2.34. The van der Waals surface area contributed by atoms with Crippen LogP contribution in [0, 0.1) is 5.92 Å². The monoisotopic (exact) mass is 361 g/mol. The highest BCUT2D eigenvalue weighted by Gasteiger charge is 2.32. The van der Waals surface area contributed by atoms with Crippen LogP contribution in [0.5, 0.6) is 0 Å². The summed E-state index contributed by atoms with van der Waals surface area (Å²) in [5.41, 5.74) is 0. The topological polar surface area (TPSA) is 96.0 Å². The number of piperidine rings is 2. The first-order chi connectivity index (χ1) is 11.3. The van der Waals surface area contributed by atoms with E-state index in [1.165, 1.54) is 10.6 Å². The van der Waals surface area contributed by atoms with Crippen LogP contribution in [0.2, 0.25) is 0 Å². The predicted molar refractivity (Wildman–Crippen MR) is 88.9 cm³/mol. The molecule has 8 nitrogen and oxygen atoms in total. The minimum absolute atomic E-state index is 0.0248. The average molecular weight is 361 g/mol. The van der Waals surface area contributed by atoms with Gasteiger partial charge < -0.3 is 15.0 Å². The fraction of sp³-hybridized carbons (Fsp3) is 0.867. The highest BCUT2D eigenvalue weighted by Crippen LogP contribution is 2.20. The van der Waals surface area contributed by atoms with E-state index in [1.807, 2.05) is 0 Å². The van der Waals surface area contributed by atoms with Crippen LogP contribution in [0.25, 0.3) is 0 Å². The molecule has 0 aromatic carbocycles. The number of rotatable bonds is 4. The molecule has 0 aromatic rings. The van der Waals surface area contributed by atoms with Gasteiger partial charge in [0.1, 0.15) is 0 Å². The number of amides is 2. The first kappa shape index (κ1) is 19.0. The molecule has 2 fully saturated rings. The third kappa shape index (κ3) is 5.07. The number of nitrogens with zero attached hydrogens (tertiary/aromatic N) is 2. The molecule has 0 radical (unpaired) electrons. The Labute approximate surface area is 143 Å². The van der Waals surface area contributed by atoms with E-state index in [-0.39, 0.29) is 30.5 Å². The number of hydrogen-bond acceptors (Lipinski definition) is 5. The number of likely N-dealkylation sites (tertiary alicyclic amines) is 1. The van der Waals surface area contributed by atoms with Crippen LogP contribution in [0.1, 0.15) is 32.6 Å². The molecule has 0 spiro atoms. The van der Waals surface area contributed by atoms with Gasteiger partial charge in [0.2, 0.25) is 15.9 Å². The van der Waals surface area contributed by atoms with Gasteiger partial charge in [-0.05, 0) is 32.6 Å². The highest BCUT2D eigenvalue weighted by molar-refractivity contribution is 7.88. The van der Waals surface area contributed by atoms with Gasteiger partial charge in [0.05, 0.1) is 18.8 Å². The molecular weight excluding hydrogens is 334 g/mol. The van der Waals surface area contributed by atoms with Crippen molar-refractivity contribution in [2.24, 2.45) is 5.92 Å². The second kappa shape index (κ2) is 8.15.